The highest BCUT2D eigenvalue weighted by Gasteiger charge is 2.35. The fourth-order valence-electron chi connectivity index (χ4n) is 2.87. The van der Waals surface area contributed by atoms with Crippen LogP contribution in [-0.2, 0) is 10.0 Å². The molecule has 0 saturated heterocycles. The number of fused-ring (bicyclic) bond motifs is 1. The predicted molar refractivity (Wildman–Crippen MR) is 87.9 cm³/mol. The van der Waals surface area contributed by atoms with Crippen molar-refractivity contribution in [2.24, 2.45) is 5.92 Å². The maximum absolute atomic E-state index is 12.6. The smallest absolute Gasteiger partial charge is 0.241 e. The van der Waals surface area contributed by atoms with E-state index in [1.54, 1.807) is 30.5 Å². The minimum Gasteiger partial charge on any atom is -0.265 e. The lowest BCUT2D eigenvalue weighted by Crippen LogP contribution is -2.27. The summed E-state index contributed by atoms with van der Waals surface area (Å²) in [6.07, 6.45) is 2.46. The summed E-state index contributed by atoms with van der Waals surface area (Å²) in [5, 5.41) is 4.34. The molecule has 1 N–H and O–H groups in total. The highest BCUT2D eigenvalue weighted by atomic mass is 79.9. The van der Waals surface area contributed by atoms with Gasteiger partial charge in [0.1, 0.15) is 0 Å². The van der Waals surface area contributed by atoms with Crippen LogP contribution < -0.4 is 4.72 Å². The molecular weight excluding hydrogens is 366 g/mol. The molecule has 0 unspecified atom stereocenters. The van der Waals surface area contributed by atoms with Crippen LogP contribution in [0.15, 0.2) is 45.9 Å². The molecule has 118 valence electrons. The molecular formula is C15H18BrN3O2S. The van der Waals surface area contributed by atoms with Gasteiger partial charge in [-0.1, -0.05) is 29.8 Å². The molecule has 1 aromatic carbocycles. The monoisotopic (exact) mass is 383 g/mol. The molecule has 1 aromatic heterocycles. The molecule has 1 aliphatic heterocycles. The Labute approximate surface area is 138 Å². The number of rotatable bonds is 4. The summed E-state index contributed by atoms with van der Waals surface area (Å²) < 4.78 is 30.7. The van der Waals surface area contributed by atoms with Crippen molar-refractivity contribution in [2.75, 3.05) is 0 Å². The van der Waals surface area contributed by atoms with Gasteiger partial charge < -0.3 is 0 Å². The Morgan fingerprint density at radius 3 is 2.59 bits per heavy atom. The van der Waals surface area contributed by atoms with Gasteiger partial charge in [-0.15, -0.1) is 0 Å². The Hall–Kier alpha value is -1.18. The van der Waals surface area contributed by atoms with Crippen molar-refractivity contribution < 1.29 is 8.42 Å². The van der Waals surface area contributed by atoms with Gasteiger partial charge in [0.15, 0.2) is 0 Å². The lowest BCUT2D eigenvalue weighted by Gasteiger charge is -2.16. The minimum absolute atomic E-state index is 0.225. The van der Waals surface area contributed by atoms with Crippen LogP contribution in [0, 0.1) is 5.92 Å². The normalized spacial score (nSPS) is 21.3. The van der Waals surface area contributed by atoms with E-state index in [1.165, 1.54) is 0 Å². The number of hydrogen-bond acceptors (Lipinski definition) is 3. The maximum Gasteiger partial charge on any atom is 0.241 e. The van der Waals surface area contributed by atoms with Crippen molar-refractivity contribution in [3.05, 3.63) is 46.7 Å². The number of aromatic nitrogens is 2. The topological polar surface area (TPSA) is 64.0 Å². The van der Waals surface area contributed by atoms with Crippen molar-refractivity contribution in [1.82, 2.24) is 14.5 Å². The molecule has 0 fully saturated rings. The van der Waals surface area contributed by atoms with Crippen LogP contribution in [0.3, 0.4) is 0 Å². The van der Waals surface area contributed by atoms with E-state index in [9.17, 15) is 8.42 Å². The number of hydrogen-bond donors (Lipinski definition) is 1. The van der Waals surface area contributed by atoms with E-state index in [4.69, 9.17) is 0 Å². The predicted octanol–water partition coefficient (Wildman–Crippen LogP) is 3.27. The van der Waals surface area contributed by atoms with Gasteiger partial charge >= 0.3 is 0 Å². The highest BCUT2D eigenvalue weighted by molar-refractivity contribution is 9.10. The third kappa shape index (κ3) is 2.85. The number of halogens is 1. The largest absolute Gasteiger partial charge is 0.265 e. The average Bonchev–Trinajstić information content (AvgIpc) is 3.02. The number of sulfonamides is 1. The third-order valence-electron chi connectivity index (χ3n) is 4.04. The second-order valence-corrected chi connectivity index (χ2v) is 8.51. The first-order valence-electron chi connectivity index (χ1n) is 7.20. The number of nitrogens with zero attached hydrogens (tertiary/aromatic N) is 2. The van der Waals surface area contributed by atoms with Crippen LogP contribution in [-0.4, -0.2) is 18.2 Å². The molecule has 3 rings (SSSR count). The number of benzene rings is 1. The first-order valence-corrected chi connectivity index (χ1v) is 9.47. The second-order valence-electron chi connectivity index (χ2n) is 5.88. The SMILES string of the molecule is CC(C)[C@H]1C[C@@H](NS(=O)(=O)c2ccc(Br)cc2)c2ccnn21. The zero-order valence-corrected chi connectivity index (χ0v) is 14.8. The fourth-order valence-corrected chi connectivity index (χ4v) is 4.36. The quantitative estimate of drug-likeness (QED) is 0.880. The Kier molecular flexibility index (Phi) is 4.13. The standard InChI is InChI=1S/C15H18BrN3O2S/c1-10(2)15-9-13(14-7-8-17-19(14)15)18-22(20,21)12-5-3-11(16)4-6-12/h3-8,10,13,15,18H,9H2,1-2H3/t13-,15-/m1/s1. The minimum atomic E-state index is -3.54. The molecule has 0 radical (unpaired) electrons. The fraction of sp³-hybridized carbons (Fsp3) is 0.400. The van der Waals surface area contributed by atoms with E-state index >= 15 is 0 Å². The lowest BCUT2D eigenvalue weighted by atomic mass is 10.0. The first-order chi connectivity index (χ1) is 10.4. The molecule has 0 amide bonds. The molecule has 1 aliphatic rings. The van der Waals surface area contributed by atoms with Crippen molar-refractivity contribution in [1.29, 1.82) is 0 Å². The summed E-state index contributed by atoms with van der Waals surface area (Å²) in [4.78, 5) is 0.273. The molecule has 0 spiro atoms. The van der Waals surface area contributed by atoms with E-state index in [0.29, 0.717) is 5.92 Å². The van der Waals surface area contributed by atoms with Gasteiger partial charge in [0.05, 0.1) is 22.7 Å². The Bertz CT molecular complexity index is 768. The summed E-state index contributed by atoms with van der Waals surface area (Å²) in [7, 11) is -3.54. The Balaban J connectivity index is 1.86. The van der Waals surface area contributed by atoms with Gasteiger partial charge in [-0.3, -0.25) is 4.68 Å². The van der Waals surface area contributed by atoms with E-state index < -0.39 is 10.0 Å². The molecule has 0 aliphatic carbocycles. The van der Waals surface area contributed by atoms with Gasteiger partial charge in [0.2, 0.25) is 10.0 Å². The Morgan fingerprint density at radius 1 is 1.27 bits per heavy atom. The molecule has 2 heterocycles. The van der Waals surface area contributed by atoms with Crippen molar-refractivity contribution in [3.63, 3.8) is 0 Å². The van der Waals surface area contributed by atoms with Gasteiger partial charge in [-0.05, 0) is 42.7 Å². The van der Waals surface area contributed by atoms with Crippen LogP contribution in [0.1, 0.15) is 38.0 Å². The van der Waals surface area contributed by atoms with Crippen LogP contribution in [0.4, 0.5) is 0 Å². The highest BCUT2D eigenvalue weighted by Crippen LogP contribution is 2.38. The first kappa shape index (κ1) is 15.7. The van der Waals surface area contributed by atoms with Crippen molar-refractivity contribution in [2.45, 2.75) is 37.2 Å². The van der Waals surface area contributed by atoms with Gasteiger partial charge in [0.25, 0.3) is 0 Å². The second kappa shape index (κ2) is 5.79. The maximum atomic E-state index is 12.6. The number of nitrogens with one attached hydrogen (secondary N) is 1. The van der Waals surface area contributed by atoms with Gasteiger partial charge in [0, 0.05) is 10.7 Å². The van der Waals surface area contributed by atoms with Gasteiger partial charge in [-0.25, -0.2) is 13.1 Å². The Morgan fingerprint density at radius 2 is 1.95 bits per heavy atom. The van der Waals surface area contributed by atoms with Crippen LogP contribution >= 0.6 is 15.9 Å². The molecule has 7 heteroatoms. The summed E-state index contributed by atoms with van der Waals surface area (Å²) in [6, 6.07) is 8.52. The van der Waals surface area contributed by atoms with E-state index in [1.807, 2.05) is 10.7 Å². The summed E-state index contributed by atoms with van der Waals surface area (Å²) in [6.45, 7) is 4.25. The summed E-state index contributed by atoms with van der Waals surface area (Å²) in [5.74, 6) is 0.404. The van der Waals surface area contributed by atoms with Crippen LogP contribution in [0.25, 0.3) is 0 Å². The molecule has 0 saturated carbocycles. The molecule has 2 aromatic rings. The van der Waals surface area contributed by atoms with Gasteiger partial charge in [-0.2, -0.15) is 5.10 Å². The third-order valence-corrected chi connectivity index (χ3v) is 6.06. The zero-order chi connectivity index (χ0) is 15.9. The van der Waals surface area contributed by atoms with Crippen molar-refractivity contribution in [3.8, 4) is 0 Å². The summed E-state index contributed by atoms with van der Waals surface area (Å²) >= 11 is 3.31. The zero-order valence-electron chi connectivity index (χ0n) is 12.4. The van der Waals surface area contributed by atoms with Crippen LogP contribution in [0.2, 0.25) is 0 Å². The van der Waals surface area contributed by atoms with Crippen molar-refractivity contribution >= 4 is 26.0 Å². The average molecular weight is 384 g/mol. The lowest BCUT2D eigenvalue weighted by molar-refractivity contribution is 0.352. The van der Waals surface area contributed by atoms with E-state index in [-0.39, 0.29) is 17.0 Å². The molecule has 2 atom stereocenters. The van der Waals surface area contributed by atoms with E-state index in [0.717, 1.165) is 16.6 Å². The molecule has 0 bridgehead atoms. The summed E-state index contributed by atoms with van der Waals surface area (Å²) in [5.41, 5.74) is 0.930. The molecule has 22 heavy (non-hydrogen) atoms. The van der Waals surface area contributed by atoms with Crippen LogP contribution in [0.5, 0.6) is 0 Å². The van der Waals surface area contributed by atoms with E-state index in [2.05, 4.69) is 39.6 Å². The molecule has 5 nitrogen and oxygen atoms in total.